The maximum atomic E-state index is 12.9. The van der Waals surface area contributed by atoms with Crippen LogP contribution >= 0.6 is 23.2 Å². The average Bonchev–Trinajstić information content (AvgIpc) is 2.75. The Hall–Kier alpha value is -3.50. The maximum absolute atomic E-state index is 12.9. The number of nitrogens with one attached hydrogen (secondary N) is 3. The molecule has 10 nitrogen and oxygen atoms in total. The largest absolute Gasteiger partial charge is 0.334 e. The fourth-order valence-electron chi connectivity index (χ4n) is 3.27. The minimum atomic E-state index is -0.909. The Morgan fingerprint density at radius 3 is 2.72 bits per heavy atom. The fraction of sp³-hybridized carbons (Fsp3) is 0.200. The van der Waals surface area contributed by atoms with Crippen molar-refractivity contribution in [2.45, 2.75) is 25.4 Å². The Labute approximate surface area is 190 Å². The third kappa shape index (κ3) is 4.56. The standard InChI is InChI=1S/C20H16Cl2N6O4/c21-11-2-4-15(13(22)8-11)24-20(32)23-9-10-1-3-14-12(7-10)19(31)28(27-26-14)16-5-6-17(29)25-18(16)30/h1-4,7-8,16H,5-6,9H2,(H2,23,24,32)(H,25,29,30). The third-order valence-corrected chi connectivity index (χ3v) is 5.43. The molecule has 3 N–H and O–H groups in total. The van der Waals surface area contributed by atoms with Crippen LogP contribution in [-0.2, 0) is 16.1 Å². The number of anilines is 1. The molecular formula is C20H16Cl2N6O4. The molecule has 1 unspecified atom stereocenters. The minimum Gasteiger partial charge on any atom is -0.334 e. The van der Waals surface area contributed by atoms with Gasteiger partial charge in [0.05, 0.1) is 16.1 Å². The predicted molar refractivity (Wildman–Crippen MR) is 118 cm³/mol. The van der Waals surface area contributed by atoms with Crippen molar-refractivity contribution in [3.63, 3.8) is 0 Å². The van der Waals surface area contributed by atoms with Crippen LogP contribution in [0.1, 0.15) is 24.4 Å². The number of aromatic nitrogens is 3. The van der Waals surface area contributed by atoms with Crippen LogP contribution in [0.15, 0.2) is 41.2 Å². The second-order valence-electron chi connectivity index (χ2n) is 7.09. The van der Waals surface area contributed by atoms with Crippen molar-refractivity contribution in [2.24, 2.45) is 0 Å². The lowest BCUT2D eigenvalue weighted by Crippen LogP contribution is -2.45. The fourth-order valence-corrected chi connectivity index (χ4v) is 3.73. The number of urea groups is 1. The Morgan fingerprint density at radius 2 is 1.97 bits per heavy atom. The Morgan fingerprint density at radius 1 is 1.16 bits per heavy atom. The molecule has 12 heteroatoms. The average molecular weight is 475 g/mol. The number of carbonyl (C=O) groups excluding carboxylic acids is 3. The number of benzene rings is 2. The Kier molecular flexibility index (Phi) is 6.06. The van der Waals surface area contributed by atoms with Gasteiger partial charge in [0.1, 0.15) is 11.6 Å². The quantitative estimate of drug-likeness (QED) is 0.496. The van der Waals surface area contributed by atoms with Crippen LogP contribution in [0.4, 0.5) is 10.5 Å². The first kappa shape index (κ1) is 21.7. The lowest BCUT2D eigenvalue weighted by Gasteiger charge is -2.21. The molecule has 1 atom stereocenters. The first-order chi connectivity index (χ1) is 15.3. The summed E-state index contributed by atoms with van der Waals surface area (Å²) in [4.78, 5) is 48.6. The summed E-state index contributed by atoms with van der Waals surface area (Å²) in [6.45, 7) is 0.118. The number of fused-ring (bicyclic) bond motifs is 1. The van der Waals surface area contributed by atoms with E-state index in [9.17, 15) is 19.2 Å². The number of rotatable bonds is 4. The molecule has 0 spiro atoms. The summed E-state index contributed by atoms with van der Waals surface area (Å²) in [5, 5.41) is 16.3. The topological polar surface area (TPSA) is 135 Å². The molecule has 32 heavy (non-hydrogen) atoms. The van der Waals surface area contributed by atoms with Crippen molar-refractivity contribution in [2.75, 3.05) is 5.32 Å². The highest BCUT2D eigenvalue weighted by atomic mass is 35.5. The number of nitrogens with zero attached hydrogens (tertiary/aromatic N) is 3. The highest BCUT2D eigenvalue weighted by molar-refractivity contribution is 6.36. The van der Waals surface area contributed by atoms with Crippen LogP contribution in [0.2, 0.25) is 10.0 Å². The van der Waals surface area contributed by atoms with Crippen molar-refractivity contribution >= 4 is 57.6 Å². The van der Waals surface area contributed by atoms with Gasteiger partial charge >= 0.3 is 6.03 Å². The van der Waals surface area contributed by atoms with E-state index in [0.29, 0.717) is 26.8 Å². The van der Waals surface area contributed by atoms with Gasteiger partial charge in [0, 0.05) is 18.0 Å². The number of amides is 4. The normalized spacial score (nSPS) is 16.0. The summed E-state index contributed by atoms with van der Waals surface area (Å²) in [5.41, 5.74) is 0.868. The summed E-state index contributed by atoms with van der Waals surface area (Å²) >= 11 is 11.9. The minimum absolute atomic E-state index is 0.110. The number of hydrogen-bond acceptors (Lipinski definition) is 6. The van der Waals surface area contributed by atoms with Crippen LogP contribution in [-0.4, -0.2) is 32.8 Å². The zero-order chi connectivity index (χ0) is 22.8. The molecule has 1 saturated heterocycles. The molecule has 0 saturated carbocycles. The summed E-state index contributed by atoms with van der Waals surface area (Å²) in [7, 11) is 0. The van der Waals surface area contributed by atoms with Gasteiger partial charge in [-0.2, -0.15) is 4.68 Å². The molecule has 3 aromatic rings. The van der Waals surface area contributed by atoms with Crippen molar-refractivity contribution in [1.82, 2.24) is 25.6 Å². The van der Waals surface area contributed by atoms with Crippen LogP contribution in [0.25, 0.3) is 10.9 Å². The van der Waals surface area contributed by atoms with E-state index in [1.54, 1.807) is 30.3 Å². The summed E-state index contributed by atoms with van der Waals surface area (Å²) in [6.07, 6.45) is 0.276. The van der Waals surface area contributed by atoms with Gasteiger partial charge in [0.15, 0.2) is 0 Å². The van der Waals surface area contributed by atoms with E-state index in [2.05, 4.69) is 26.3 Å². The number of carbonyl (C=O) groups is 3. The molecule has 164 valence electrons. The van der Waals surface area contributed by atoms with Crippen LogP contribution in [0.3, 0.4) is 0 Å². The first-order valence-corrected chi connectivity index (χ1v) is 10.3. The van der Waals surface area contributed by atoms with E-state index < -0.39 is 23.5 Å². The zero-order valence-corrected chi connectivity index (χ0v) is 17.9. The van der Waals surface area contributed by atoms with Gasteiger partial charge in [-0.1, -0.05) is 34.5 Å². The molecule has 4 amide bonds. The second kappa shape index (κ2) is 8.93. The molecule has 2 heterocycles. The molecule has 4 rings (SSSR count). The van der Waals surface area contributed by atoms with Crippen molar-refractivity contribution in [3.05, 3.63) is 62.4 Å². The summed E-state index contributed by atoms with van der Waals surface area (Å²) < 4.78 is 0.983. The monoisotopic (exact) mass is 474 g/mol. The highest BCUT2D eigenvalue weighted by Gasteiger charge is 2.30. The summed E-state index contributed by atoms with van der Waals surface area (Å²) in [5.74, 6) is -0.980. The van der Waals surface area contributed by atoms with Gasteiger partial charge in [-0.15, -0.1) is 5.10 Å². The van der Waals surface area contributed by atoms with Gasteiger partial charge in [-0.25, -0.2) is 4.79 Å². The summed E-state index contributed by atoms with van der Waals surface area (Å²) in [6, 6.07) is 8.15. The zero-order valence-electron chi connectivity index (χ0n) is 16.4. The lowest BCUT2D eigenvalue weighted by atomic mass is 10.1. The van der Waals surface area contributed by atoms with Gasteiger partial charge in [0.25, 0.3) is 11.5 Å². The molecule has 0 aliphatic carbocycles. The van der Waals surface area contributed by atoms with Crippen LogP contribution < -0.4 is 21.5 Å². The van der Waals surface area contributed by atoms with Crippen molar-refractivity contribution in [1.29, 1.82) is 0 Å². The van der Waals surface area contributed by atoms with Crippen LogP contribution in [0, 0.1) is 0 Å². The van der Waals surface area contributed by atoms with Crippen molar-refractivity contribution in [3.8, 4) is 0 Å². The molecule has 1 fully saturated rings. The molecule has 2 aromatic carbocycles. The van der Waals surface area contributed by atoms with E-state index >= 15 is 0 Å². The Bertz CT molecular complexity index is 1310. The van der Waals surface area contributed by atoms with E-state index in [-0.39, 0.29) is 30.7 Å². The molecule has 1 aliphatic rings. The number of piperidine rings is 1. The SMILES string of the molecule is O=C1CCC(n2nnc3ccc(CNC(=O)Nc4ccc(Cl)cc4Cl)cc3c2=O)C(=O)N1. The maximum Gasteiger partial charge on any atom is 0.319 e. The third-order valence-electron chi connectivity index (χ3n) is 4.89. The number of imide groups is 1. The number of hydrogen-bond donors (Lipinski definition) is 3. The van der Waals surface area contributed by atoms with Crippen LogP contribution in [0.5, 0.6) is 0 Å². The van der Waals surface area contributed by atoms with Gasteiger partial charge in [-0.3, -0.25) is 19.7 Å². The van der Waals surface area contributed by atoms with E-state index in [1.807, 2.05) is 0 Å². The Balaban J connectivity index is 1.51. The van der Waals surface area contributed by atoms with Gasteiger partial charge < -0.3 is 10.6 Å². The van der Waals surface area contributed by atoms with E-state index in [0.717, 1.165) is 4.68 Å². The van der Waals surface area contributed by atoms with E-state index in [4.69, 9.17) is 23.2 Å². The van der Waals surface area contributed by atoms with Crippen molar-refractivity contribution < 1.29 is 14.4 Å². The molecule has 1 aromatic heterocycles. The van der Waals surface area contributed by atoms with E-state index in [1.165, 1.54) is 6.07 Å². The first-order valence-electron chi connectivity index (χ1n) is 9.53. The molecule has 0 bridgehead atoms. The number of halogens is 2. The lowest BCUT2D eigenvalue weighted by molar-refractivity contribution is -0.136. The van der Waals surface area contributed by atoms with Gasteiger partial charge in [0.2, 0.25) is 5.91 Å². The predicted octanol–water partition coefficient (Wildman–Crippen LogP) is 2.40. The molecule has 1 aliphatic heterocycles. The molecular weight excluding hydrogens is 459 g/mol. The molecule has 0 radical (unpaired) electrons. The highest BCUT2D eigenvalue weighted by Crippen LogP contribution is 2.25. The second-order valence-corrected chi connectivity index (χ2v) is 7.93. The van der Waals surface area contributed by atoms with Gasteiger partial charge in [-0.05, 0) is 42.3 Å². The smallest absolute Gasteiger partial charge is 0.319 e.